The Labute approximate surface area is 140 Å². The van der Waals surface area contributed by atoms with Crippen LogP contribution in [0.5, 0.6) is 0 Å². The molecule has 1 fully saturated rings. The number of benzene rings is 1. The van der Waals surface area contributed by atoms with E-state index in [2.05, 4.69) is 11.8 Å². The lowest BCUT2D eigenvalue weighted by Crippen LogP contribution is -2.47. The van der Waals surface area contributed by atoms with E-state index in [4.69, 9.17) is 23.2 Å². The summed E-state index contributed by atoms with van der Waals surface area (Å²) >= 11 is 11.9. The largest absolute Gasteiger partial charge is 0.283 e. The Bertz CT molecular complexity index is 592. The maximum atomic E-state index is 12.5. The van der Waals surface area contributed by atoms with E-state index >= 15 is 0 Å². The molecule has 22 heavy (non-hydrogen) atoms. The molecular formula is C16H18Cl2N2O2. The predicted octanol–water partition coefficient (Wildman–Crippen LogP) is 3.81. The summed E-state index contributed by atoms with van der Waals surface area (Å²) < 4.78 is 0. The fraction of sp³-hybridized carbons (Fsp3) is 0.500. The highest BCUT2D eigenvalue weighted by Crippen LogP contribution is 2.32. The predicted molar refractivity (Wildman–Crippen MR) is 86.5 cm³/mol. The molecule has 0 aromatic heterocycles. The van der Waals surface area contributed by atoms with Crippen molar-refractivity contribution in [3.8, 4) is 0 Å². The average Bonchev–Trinajstić information content (AvgIpc) is 2.73. The first-order chi connectivity index (χ1) is 10.5. The number of halogens is 2. The first kappa shape index (κ1) is 15.8. The number of hydrogen-bond donors (Lipinski definition) is 0. The molecule has 0 saturated carbocycles. The van der Waals surface area contributed by atoms with Crippen molar-refractivity contribution in [3.63, 3.8) is 0 Å². The Morgan fingerprint density at radius 1 is 1.09 bits per heavy atom. The average molecular weight is 341 g/mol. The maximum Gasteiger partial charge on any atom is 0.262 e. The molecule has 0 spiro atoms. The van der Waals surface area contributed by atoms with Crippen LogP contribution in [0.2, 0.25) is 10.0 Å². The molecule has 1 aromatic carbocycles. The third-order valence-corrected chi connectivity index (χ3v) is 5.28. The van der Waals surface area contributed by atoms with Crippen LogP contribution in [0.1, 0.15) is 53.3 Å². The summed E-state index contributed by atoms with van der Waals surface area (Å²) in [5.41, 5.74) is 0.703. The number of fused-ring (bicyclic) bond motifs is 1. The van der Waals surface area contributed by atoms with Gasteiger partial charge in [-0.3, -0.25) is 19.4 Å². The zero-order chi connectivity index (χ0) is 15.9. The molecule has 4 nitrogen and oxygen atoms in total. The Morgan fingerprint density at radius 3 is 2.23 bits per heavy atom. The molecule has 3 rings (SSSR count). The molecule has 0 N–H and O–H groups in total. The molecule has 0 unspecified atom stereocenters. The Balaban J connectivity index is 1.84. The van der Waals surface area contributed by atoms with Gasteiger partial charge >= 0.3 is 0 Å². The first-order valence-electron chi connectivity index (χ1n) is 7.62. The highest BCUT2D eigenvalue weighted by Gasteiger charge is 2.38. The summed E-state index contributed by atoms with van der Waals surface area (Å²) in [4.78, 5) is 28.6. The van der Waals surface area contributed by atoms with Crippen LogP contribution in [0.3, 0.4) is 0 Å². The zero-order valence-corrected chi connectivity index (χ0v) is 14.0. The lowest BCUT2D eigenvalue weighted by molar-refractivity contribution is 0.0417. The van der Waals surface area contributed by atoms with Crippen LogP contribution in [0.25, 0.3) is 0 Å². The molecule has 1 atom stereocenters. The van der Waals surface area contributed by atoms with Gasteiger partial charge in [0.2, 0.25) is 0 Å². The number of hydrogen-bond acceptors (Lipinski definition) is 3. The van der Waals surface area contributed by atoms with Crippen LogP contribution in [-0.4, -0.2) is 40.9 Å². The highest BCUT2D eigenvalue weighted by atomic mass is 35.5. The van der Waals surface area contributed by atoms with Crippen molar-refractivity contribution in [2.75, 3.05) is 13.2 Å². The van der Waals surface area contributed by atoms with Crippen molar-refractivity contribution in [1.82, 2.24) is 9.80 Å². The SMILES string of the molecule is CC[C@H]1CCCCN1CN1C(=O)c2cc(Cl)c(Cl)cc2C1=O. The number of carbonyl (C=O) groups is 2. The van der Waals surface area contributed by atoms with Gasteiger partial charge in [-0.25, -0.2) is 0 Å². The molecule has 0 bridgehead atoms. The lowest BCUT2D eigenvalue weighted by Gasteiger charge is -2.37. The summed E-state index contributed by atoms with van der Waals surface area (Å²) in [6.45, 7) is 3.42. The van der Waals surface area contributed by atoms with Gasteiger partial charge in [0.05, 0.1) is 27.8 Å². The second-order valence-corrected chi connectivity index (χ2v) is 6.68. The van der Waals surface area contributed by atoms with E-state index < -0.39 is 0 Å². The maximum absolute atomic E-state index is 12.5. The second kappa shape index (κ2) is 6.19. The summed E-state index contributed by atoms with van der Waals surface area (Å²) in [5, 5.41) is 0.598. The van der Waals surface area contributed by atoms with E-state index in [9.17, 15) is 9.59 Å². The summed E-state index contributed by atoms with van der Waals surface area (Å²) in [6, 6.07) is 3.42. The van der Waals surface area contributed by atoms with Crippen molar-refractivity contribution in [2.45, 2.75) is 38.6 Å². The topological polar surface area (TPSA) is 40.6 Å². The van der Waals surface area contributed by atoms with Gasteiger partial charge in [-0.05, 0) is 31.4 Å². The first-order valence-corrected chi connectivity index (χ1v) is 8.37. The number of amides is 2. The van der Waals surface area contributed by atoms with Gasteiger partial charge in [0.25, 0.3) is 11.8 Å². The van der Waals surface area contributed by atoms with E-state index in [1.165, 1.54) is 23.5 Å². The van der Waals surface area contributed by atoms with Crippen LogP contribution >= 0.6 is 23.2 Å². The van der Waals surface area contributed by atoms with E-state index in [0.29, 0.717) is 33.9 Å². The van der Waals surface area contributed by atoms with Crippen LogP contribution < -0.4 is 0 Å². The minimum Gasteiger partial charge on any atom is -0.283 e. The van der Waals surface area contributed by atoms with E-state index in [0.717, 1.165) is 25.8 Å². The number of imide groups is 1. The van der Waals surface area contributed by atoms with Gasteiger partial charge in [-0.1, -0.05) is 36.5 Å². The molecule has 2 amide bonds. The van der Waals surface area contributed by atoms with Gasteiger partial charge in [-0.2, -0.15) is 0 Å². The van der Waals surface area contributed by atoms with Crippen molar-refractivity contribution in [3.05, 3.63) is 33.3 Å². The third kappa shape index (κ3) is 2.64. The lowest BCUT2D eigenvalue weighted by atomic mass is 10.0. The van der Waals surface area contributed by atoms with Crippen LogP contribution in [-0.2, 0) is 0 Å². The normalized spacial score (nSPS) is 22.3. The number of rotatable bonds is 3. The molecule has 118 valence electrons. The van der Waals surface area contributed by atoms with Crippen LogP contribution in [0.4, 0.5) is 0 Å². The molecule has 0 radical (unpaired) electrons. The summed E-state index contributed by atoms with van der Waals surface area (Å²) in [7, 11) is 0. The molecule has 2 aliphatic rings. The fourth-order valence-electron chi connectivity index (χ4n) is 3.30. The van der Waals surface area contributed by atoms with Gasteiger partial charge in [0.15, 0.2) is 0 Å². The minimum absolute atomic E-state index is 0.279. The monoisotopic (exact) mass is 340 g/mol. The molecular weight excluding hydrogens is 323 g/mol. The highest BCUT2D eigenvalue weighted by molar-refractivity contribution is 6.43. The van der Waals surface area contributed by atoms with Gasteiger partial charge in [0.1, 0.15) is 0 Å². The smallest absolute Gasteiger partial charge is 0.262 e. The second-order valence-electron chi connectivity index (χ2n) is 5.86. The van der Waals surface area contributed by atoms with Crippen molar-refractivity contribution in [1.29, 1.82) is 0 Å². The molecule has 0 aliphatic carbocycles. The quantitative estimate of drug-likeness (QED) is 0.785. The molecule has 2 heterocycles. The molecule has 6 heteroatoms. The standard InChI is InChI=1S/C16H18Cl2N2O2/c1-2-10-5-3-4-6-19(10)9-20-15(21)11-7-13(17)14(18)8-12(11)16(20)22/h7-8,10H,2-6,9H2,1H3/t10-/m0/s1. The summed E-state index contributed by atoms with van der Waals surface area (Å²) in [6.07, 6.45) is 4.47. The Kier molecular flexibility index (Phi) is 4.44. The van der Waals surface area contributed by atoms with Crippen molar-refractivity contribution < 1.29 is 9.59 Å². The minimum atomic E-state index is -0.279. The molecule has 1 aromatic rings. The van der Waals surface area contributed by atoms with Crippen molar-refractivity contribution in [2.24, 2.45) is 0 Å². The molecule has 1 saturated heterocycles. The van der Waals surface area contributed by atoms with Crippen LogP contribution in [0.15, 0.2) is 12.1 Å². The number of carbonyl (C=O) groups excluding carboxylic acids is 2. The van der Waals surface area contributed by atoms with Crippen LogP contribution in [0, 0.1) is 0 Å². The summed E-state index contributed by atoms with van der Waals surface area (Å²) in [5.74, 6) is -0.557. The number of likely N-dealkylation sites (tertiary alicyclic amines) is 1. The third-order valence-electron chi connectivity index (χ3n) is 4.55. The van der Waals surface area contributed by atoms with Gasteiger partial charge in [-0.15, -0.1) is 0 Å². The van der Waals surface area contributed by atoms with E-state index in [1.54, 1.807) is 0 Å². The Morgan fingerprint density at radius 2 is 1.68 bits per heavy atom. The zero-order valence-electron chi connectivity index (χ0n) is 12.4. The number of nitrogens with zero attached hydrogens (tertiary/aromatic N) is 2. The van der Waals surface area contributed by atoms with E-state index in [1.807, 2.05) is 0 Å². The molecule has 2 aliphatic heterocycles. The van der Waals surface area contributed by atoms with Crippen molar-refractivity contribution >= 4 is 35.0 Å². The number of piperidine rings is 1. The van der Waals surface area contributed by atoms with Gasteiger partial charge < -0.3 is 0 Å². The van der Waals surface area contributed by atoms with Gasteiger partial charge in [0, 0.05) is 12.6 Å². The fourth-order valence-corrected chi connectivity index (χ4v) is 3.63. The van der Waals surface area contributed by atoms with E-state index in [-0.39, 0.29) is 11.8 Å². The Hall–Kier alpha value is -1.10.